The molecule has 246 valence electrons. The third-order valence-electron chi connectivity index (χ3n) is 9.23. The lowest BCUT2D eigenvalue weighted by molar-refractivity contribution is -0.143. The minimum absolute atomic E-state index is 0.0252. The summed E-state index contributed by atoms with van der Waals surface area (Å²) in [6.07, 6.45) is -8.07. The fourth-order valence-electron chi connectivity index (χ4n) is 7.20. The summed E-state index contributed by atoms with van der Waals surface area (Å²) in [7, 11) is 2.65. The molecule has 4 aliphatic rings. The number of phenolic OH excluding ortho intramolecular Hbond substituents is 1. The topological polar surface area (TPSA) is 110 Å². The molecule has 1 heterocycles. The maximum atomic E-state index is 14.1. The number of amides is 2. The van der Waals surface area contributed by atoms with Crippen molar-refractivity contribution in [3.05, 3.63) is 81.5 Å². The number of hydrogen-bond donors (Lipinski definition) is 1. The first-order valence-corrected chi connectivity index (χ1v) is 14.3. The number of nitrogens with zero attached hydrogens (tertiary/aromatic N) is 1. The van der Waals surface area contributed by atoms with Crippen LogP contribution in [-0.2, 0) is 31.5 Å². The number of rotatable bonds is 4. The summed E-state index contributed by atoms with van der Waals surface area (Å²) in [6.45, 7) is 1.43. The van der Waals surface area contributed by atoms with Gasteiger partial charge in [0.1, 0.15) is 17.2 Å². The number of hydrogen-bond acceptors (Lipinski definition) is 7. The van der Waals surface area contributed by atoms with Crippen molar-refractivity contribution in [1.29, 1.82) is 0 Å². The van der Waals surface area contributed by atoms with E-state index in [9.17, 15) is 50.6 Å². The predicted octanol–water partition coefficient (Wildman–Crippen LogP) is 6.08. The Kier molecular flexibility index (Phi) is 7.40. The zero-order chi connectivity index (χ0) is 34.3. The second-order valence-corrected chi connectivity index (χ2v) is 11.8. The van der Waals surface area contributed by atoms with E-state index in [1.54, 1.807) is 6.08 Å². The van der Waals surface area contributed by atoms with Crippen molar-refractivity contribution in [2.75, 3.05) is 19.1 Å². The maximum absolute atomic E-state index is 14.1. The Morgan fingerprint density at radius 1 is 0.851 bits per heavy atom. The van der Waals surface area contributed by atoms with E-state index in [-0.39, 0.29) is 58.4 Å². The average molecular weight is 662 g/mol. The van der Waals surface area contributed by atoms with Crippen molar-refractivity contribution in [3.8, 4) is 17.2 Å². The monoisotopic (exact) mass is 661 g/mol. The summed E-state index contributed by atoms with van der Waals surface area (Å²) in [4.78, 5) is 55.1. The van der Waals surface area contributed by atoms with Gasteiger partial charge in [0, 0.05) is 40.3 Å². The third kappa shape index (κ3) is 5.01. The van der Waals surface area contributed by atoms with Gasteiger partial charge in [0.2, 0.25) is 11.8 Å². The Hall–Kier alpha value is -4.88. The highest BCUT2D eigenvalue weighted by Crippen LogP contribution is 2.58. The van der Waals surface area contributed by atoms with Crippen LogP contribution in [-0.4, -0.2) is 42.7 Å². The van der Waals surface area contributed by atoms with Crippen LogP contribution in [0, 0.1) is 17.8 Å². The van der Waals surface area contributed by atoms with Crippen LogP contribution in [0.3, 0.4) is 0 Å². The number of ketones is 2. The largest absolute Gasteiger partial charge is 0.507 e. The SMILES string of the molecule is COc1cc(O)c(C2C3=CCC4C(=O)N(c5cc(C(F)(F)F)cc(C(F)(F)F)c5)C(=O)C4C3CC3=C2C(=O)C=C(C)C3=O)c(OC)c1. The van der Waals surface area contributed by atoms with Gasteiger partial charge in [-0.25, -0.2) is 4.90 Å². The molecule has 4 unspecified atom stereocenters. The van der Waals surface area contributed by atoms with E-state index in [1.807, 2.05) is 0 Å². The predicted molar refractivity (Wildman–Crippen MR) is 151 cm³/mol. The molecule has 1 aliphatic heterocycles. The van der Waals surface area contributed by atoms with Gasteiger partial charge in [-0.3, -0.25) is 19.2 Å². The van der Waals surface area contributed by atoms with E-state index in [2.05, 4.69) is 0 Å². The van der Waals surface area contributed by atoms with Crippen LogP contribution in [0.4, 0.5) is 32.0 Å². The number of benzene rings is 2. The van der Waals surface area contributed by atoms with E-state index in [1.165, 1.54) is 33.3 Å². The first kappa shape index (κ1) is 32.1. The lowest BCUT2D eigenvalue weighted by Crippen LogP contribution is -2.40. The normalized spacial score (nSPS) is 24.5. The van der Waals surface area contributed by atoms with Crippen LogP contribution >= 0.6 is 0 Å². The lowest BCUT2D eigenvalue weighted by atomic mass is 9.59. The second kappa shape index (κ2) is 10.8. The fraction of sp³-hybridized carbons (Fsp3) is 0.333. The van der Waals surface area contributed by atoms with Gasteiger partial charge >= 0.3 is 12.4 Å². The summed E-state index contributed by atoms with van der Waals surface area (Å²) in [6, 6.07) is 3.25. The highest BCUT2D eigenvalue weighted by molar-refractivity contribution is 6.25. The molecular weight excluding hydrogens is 636 g/mol. The highest BCUT2D eigenvalue weighted by atomic mass is 19.4. The van der Waals surface area contributed by atoms with E-state index in [4.69, 9.17) is 9.47 Å². The number of halogens is 6. The number of fused-ring (bicyclic) bond motifs is 3. The lowest BCUT2D eigenvalue weighted by Gasteiger charge is -2.42. The minimum Gasteiger partial charge on any atom is -0.507 e. The molecule has 0 bridgehead atoms. The maximum Gasteiger partial charge on any atom is 0.416 e. The van der Waals surface area contributed by atoms with Crippen molar-refractivity contribution < 1.29 is 60.1 Å². The smallest absolute Gasteiger partial charge is 0.416 e. The minimum atomic E-state index is -5.22. The highest BCUT2D eigenvalue weighted by Gasteiger charge is 2.57. The first-order chi connectivity index (χ1) is 22.0. The molecule has 2 aromatic rings. The number of anilines is 1. The van der Waals surface area contributed by atoms with Gasteiger partial charge in [0.25, 0.3) is 0 Å². The molecule has 0 saturated carbocycles. The number of ether oxygens (including phenoxy) is 2. The Bertz CT molecular complexity index is 1840. The quantitative estimate of drug-likeness (QED) is 0.183. The molecule has 6 rings (SSSR count). The fourth-order valence-corrected chi connectivity index (χ4v) is 7.20. The first-order valence-electron chi connectivity index (χ1n) is 14.3. The number of Topliss-reactive ketones (excluding diaryl/α,β-unsaturated/α-hetero) is 1. The van der Waals surface area contributed by atoms with Crippen molar-refractivity contribution >= 4 is 29.1 Å². The van der Waals surface area contributed by atoms with Gasteiger partial charge in [-0.1, -0.05) is 11.6 Å². The van der Waals surface area contributed by atoms with Crippen LogP contribution < -0.4 is 14.4 Å². The molecular formula is C33H25F6NO7. The zero-order valence-electron chi connectivity index (χ0n) is 24.9. The number of aromatic hydroxyl groups is 1. The van der Waals surface area contributed by atoms with Gasteiger partial charge < -0.3 is 14.6 Å². The number of phenols is 1. The summed E-state index contributed by atoms with van der Waals surface area (Å²) in [5.41, 5.74) is -3.66. The van der Waals surface area contributed by atoms with E-state index < -0.39 is 76.2 Å². The van der Waals surface area contributed by atoms with Crippen LogP contribution in [0.15, 0.2) is 64.8 Å². The molecule has 47 heavy (non-hydrogen) atoms. The Morgan fingerprint density at radius 2 is 1.49 bits per heavy atom. The van der Waals surface area contributed by atoms with Crippen LogP contribution in [0.1, 0.15) is 42.4 Å². The Labute approximate surface area is 262 Å². The summed E-state index contributed by atoms with van der Waals surface area (Å²) >= 11 is 0. The Balaban J connectivity index is 1.51. The van der Waals surface area contributed by atoms with Crippen molar-refractivity contribution in [1.82, 2.24) is 0 Å². The number of allylic oxidation sites excluding steroid dienone is 6. The summed E-state index contributed by atoms with van der Waals surface area (Å²) < 4.78 is 92.7. The number of imide groups is 1. The van der Waals surface area contributed by atoms with Gasteiger partial charge in [0.05, 0.1) is 42.9 Å². The van der Waals surface area contributed by atoms with Crippen molar-refractivity contribution in [2.45, 2.75) is 38.0 Å². The number of alkyl halides is 6. The molecule has 3 aliphatic carbocycles. The number of methoxy groups -OCH3 is 2. The van der Waals surface area contributed by atoms with E-state index >= 15 is 0 Å². The van der Waals surface area contributed by atoms with E-state index in [0.29, 0.717) is 22.6 Å². The van der Waals surface area contributed by atoms with Crippen LogP contribution in [0.2, 0.25) is 0 Å². The molecule has 4 atom stereocenters. The van der Waals surface area contributed by atoms with Gasteiger partial charge in [-0.15, -0.1) is 0 Å². The standard InChI is InChI=1S/C33H25F6NO7/c1-13-6-22(41)26-21(29(13)43)12-20-18(27(26)28-23(42)10-17(46-2)11-24(28)47-3)4-5-19-25(20)31(45)40(30(19)44)16-8-14(32(34,35)36)7-15(9-16)33(37,38)39/h4,6-11,19-20,25,27,42H,5,12H2,1-3H3. The average Bonchev–Trinajstić information content (AvgIpc) is 3.26. The second-order valence-electron chi connectivity index (χ2n) is 11.8. The van der Waals surface area contributed by atoms with Gasteiger partial charge in [-0.2, -0.15) is 26.3 Å². The van der Waals surface area contributed by atoms with Crippen LogP contribution in [0.5, 0.6) is 17.2 Å². The molecule has 14 heteroatoms. The molecule has 8 nitrogen and oxygen atoms in total. The van der Waals surface area contributed by atoms with Crippen LogP contribution in [0.25, 0.3) is 0 Å². The summed E-state index contributed by atoms with van der Waals surface area (Å²) in [5.74, 6) is -7.78. The third-order valence-corrected chi connectivity index (χ3v) is 9.23. The molecule has 0 spiro atoms. The molecule has 0 aromatic heterocycles. The molecule has 0 radical (unpaired) electrons. The molecule has 2 amide bonds. The number of carbonyl (C=O) groups is 4. The van der Waals surface area contributed by atoms with Gasteiger partial charge in [0.15, 0.2) is 11.6 Å². The molecule has 1 N–H and O–H groups in total. The number of carbonyl (C=O) groups excluding carboxylic acids is 4. The van der Waals surface area contributed by atoms with Crippen molar-refractivity contribution in [3.63, 3.8) is 0 Å². The Morgan fingerprint density at radius 3 is 2.06 bits per heavy atom. The zero-order valence-corrected chi connectivity index (χ0v) is 24.9. The summed E-state index contributed by atoms with van der Waals surface area (Å²) in [5, 5.41) is 11.2. The van der Waals surface area contributed by atoms with Gasteiger partial charge in [-0.05, 0) is 50.0 Å². The molecule has 1 saturated heterocycles. The van der Waals surface area contributed by atoms with E-state index in [0.717, 1.165) is 6.08 Å². The molecule has 1 fully saturated rings. The van der Waals surface area contributed by atoms with Crippen molar-refractivity contribution in [2.24, 2.45) is 17.8 Å². The molecule has 2 aromatic carbocycles.